The van der Waals surface area contributed by atoms with E-state index in [4.69, 9.17) is 11.5 Å². The lowest BCUT2D eigenvalue weighted by Gasteiger charge is -2.25. The third-order valence-corrected chi connectivity index (χ3v) is 1.72. The highest BCUT2D eigenvalue weighted by Crippen LogP contribution is 2.22. The van der Waals surface area contributed by atoms with Crippen LogP contribution in [0.15, 0.2) is 0 Å². The molecule has 0 aliphatic rings. The van der Waals surface area contributed by atoms with Gasteiger partial charge in [0.2, 0.25) is 11.8 Å². The Morgan fingerprint density at radius 3 is 1.75 bits per heavy atom. The minimum absolute atomic E-state index is 0.203. The van der Waals surface area contributed by atoms with Gasteiger partial charge in [-0.05, 0) is 13.3 Å². The van der Waals surface area contributed by atoms with Gasteiger partial charge in [-0.25, -0.2) is 0 Å². The van der Waals surface area contributed by atoms with Crippen LogP contribution in [0.1, 0.15) is 20.3 Å². The first-order chi connectivity index (χ1) is 5.33. The molecular formula is C7H13N2O3. The molecule has 0 heterocycles. The van der Waals surface area contributed by atoms with E-state index in [-0.39, 0.29) is 6.42 Å². The summed E-state index contributed by atoms with van der Waals surface area (Å²) in [6.45, 7) is 2.93. The van der Waals surface area contributed by atoms with Crippen molar-refractivity contribution in [2.75, 3.05) is 0 Å². The summed E-state index contributed by atoms with van der Waals surface area (Å²) in [4.78, 5) is 21.3. The first-order valence-corrected chi connectivity index (χ1v) is 3.52. The van der Waals surface area contributed by atoms with E-state index in [0.717, 1.165) is 0 Å². The van der Waals surface area contributed by atoms with Gasteiger partial charge < -0.3 is 16.6 Å². The number of nitrogens with two attached hydrogens (primary N) is 2. The molecule has 0 aromatic heterocycles. The molecule has 0 aromatic rings. The minimum atomic E-state index is -1.53. The minimum Gasteiger partial charge on any atom is -0.388 e. The Labute approximate surface area is 70.7 Å². The monoisotopic (exact) mass is 173 g/mol. The van der Waals surface area contributed by atoms with Gasteiger partial charge in [0.1, 0.15) is 0 Å². The Balaban J connectivity index is 4.74. The molecule has 1 unspecified atom stereocenters. The highest BCUT2D eigenvalue weighted by molar-refractivity contribution is 6.14. The number of carbonyl (C=O) groups excluding carboxylic acids is 2. The van der Waals surface area contributed by atoms with Gasteiger partial charge in [0.05, 0.1) is 5.60 Å². The Kier molecular flexibility index (Phi) is 3.21. The summed E-state index contributed by atoms with van der Waals surface area (Å²) in [5.74, 6) is -2.41. The van der Waals surface area contributed by atoms with Gasteiger partial charge >= 0.3 is 0 Å². The van der Waals surface area contributed by atoms with E-state index in [1.165, 1.54) is 6.92 Å². The zero-order valence-electron chi connectivity index (χ0n) is 7.13. The lowest BCUT2D eigenvalue weighted by molar-refractivity contribution is -0.128. The number of carbonyl (C=O) groups is 2. The molecule has 0 bridgehead atoms. The molecule has 5 nitrogen and oxygen atoms in total. The predicted octanol–water partition coefficient (Wildman–Crippen LogP) is -1.31. The van der Waals surface area contributed by atoms with E-state index in [9.17, 15) is 14.7 Å². The van der Waals surface area contributed by atoms with Gasteiger partial charge in [0, 0.05) is 0 Å². The molecule has 2 amide bonds. The van der Waals surface area contributed by atoms with Crippen LogP contribution in [0.4, 0.5) is 0 Å². The summed E-state index contributed by atoms with van der Waals surface area (Å²) < 4.78 is 0. The molecule has 0 fully saturated rings. The summed E-state index contributed by atoms with van der Waals surface area (Å²) >= 11 is 0. The van der Waals surface area contributed by atoms with Crippen molar-refractivity contribution in [3.8, 4) is 0 Å². The number of aliphatic hydroxyl groups is 1. The van der Waals surface area contributed by atoms with Crippen molar-refractivity contribution in [1.29, 1.82) is 0 Å². The standard InChI is InChI=1S/C7H13N2O3/c1-3-7(2,12)4(5(8)10)6(9)11/h12H,3H2,1-2H3,(H2,8,10)(H2,9,11). The van der Waals surface area contributed by atoms with Crippen LogP contribution in [0.25, 0.3) is 0 Å². The van der Waals surface area contributed by atoms with E-state index in [2.05, 4.69) is 0 Å². The largest absolute Gasteiger partial charge is 0.388 e. The second-order valence-corrected chi connectivity index (χ2v) is 2.73. The zero-order chi connectivity index (χ0) is 9.94. The second-order valence-electron chi connectivity index (χ2n) is 2.73. The van der Waals surface area contributed by atoms with Crippen LogP contribution in [-0.4, -0.2) is 22.5 Å². The van der Waals surface area contributed by atoms with Gasteiger partial charge in [-0.15, -0.1) is 0 Å². The second kappa shape index (κ2) is 3.53. The molecule has 0 spiro atoms. The van der Waals surface area contributed by atoms with Crippen LogP contribution in [0, 0.1) is 5.92 Å². The molecule has 1 radical (unpaired) electrons. The van der Waals surface area contributed by atoms with E-state index in [1.807, 2.05) is 0 Å². The fraction of sp³-hybridized carbons (Fsp3) is 0.571. The first-order valence-electron chi connectivity index (χ1n) is 3.52. The van der Waals surface area contributed by atoms with E-state index in [1.54, 1.807) is 6.92 Å². The van der Waals surface area contributed by atoms with Gasteiger partial charge in [-0.3, -0.25) is 9.59 Å². The molecule has 12 heavy (non-hydrogen) atoms. The van der Waals surface area contributed by atoms with Crippen molar-refractivity contribution in [3.05, 3.63) is 5.92 Å². The third kappa shape index (κ3) is 2.20. The molecule has 5 heteroatoms. The van der Waals surface area contributed by atoms with Crippen molar-refractivity contribution in [2.45, 2.75) is 25.9 Å². The summed E-state index contributed by atoms with van der Waals surface area (Å²) in [6, 6.07) is 0. The van der Waals surface area contributed by atoms with E-state index >= 15 is 0 Å². The maximum absolute atomic E-state index is 10.7. The van der Waals surface area contributed by atoms with Crippen LogP contribution in [0.2, 0.25) is 0 Å². The topological polar surface area (TPSA) is 106 Å². The average Bonchev–Trinajstić information content (AvgIpc) is 1.84. The fourth-order valence-electron chi connectivity index (χ4n) is 0.829. The predicted molar refractivity (Wildman–Crippen MR) is 42.5 cm³/mol. The lowest BCUT2D eigenvalue weighted by atomic mass is 9.86. The van der Waals surface area contributed by atoms with Crippen molar-refractivity contribution in [3.63, 3.8) is 0 Å². The number of hydrogen-bond donors (Lipinski definition) is 3. The molecule has 0 aliphatic carbocycles. The quantitative estimate of drug-likeness (QED) is 0.459. The average molecular weight is 173 g/mol. The van der Waals surface area contributed by atoms with Gasteiger partial charge in [0.25, 0.3) is 0 Å². The summed E-state index contributed by atoms with van der Waals surface area (Å²) in [6.07, 6.45) is 0.203. The van der Waals surface area contributed by atoms with Crippen molar-refractivity contribution >= 4 is 11.8 Å². The molecule has 1 atom stereocenters. The molecule has 5 N–H and O–H groups in total. The van der Waals surface area contributed by atoms with Gasteiger partial charge in [0.15, 0.2) is 5.92 Å². The Hall–Kier alpha value is -1.10. The SMILES string of the molecule is CCC(C)(O)[C](C(N)=O)C(N)=O. The normalized spacial score (nSPS) is 15.7. The highest BCUT2D eigenvalue weighted by Gasteiger charge is 2.40. The van der Waals surface area contributed by atoms with Crippen LogP contribution < -0.4 is 11.5 Å². The van der Waals surface area contributed by atoms with Crippen LogP contribution in [0.3, 0.4) is 0 Å². The summed E-state index contributed by atoms with van der Waals surface area (Å²) in [7, 11) is 0. The molecule has 69 valence electrons. The molecule has 0 aromatic carbocycles. The fourth-order valence-corrected chi connectivity index (χ4v) is 0.829. The maximum Gasteiger partial charge on any atom is 0.237 e. The van der Waals surface area contributed by atoms with Crippen LogP contribution in [0.5, 0.6) is 0 Å². The zero-order valence-corrected chi connectivity index (χ0v) is 7.13. The first kappa shape index (κ1) is 10.9. The van der Waals surface area contributed by atoms with Crippen LogP contribution >= 0.6 is 0 Å². The number of amides is 2. The molecule has 0 saturated heterocycles. The molecule has 0 aliphatic heterocycles. The summed E-state index contributed by atoms with van der Waals surface area (Å²) in [5, 5.41) is 9.49. The Morgan fingerprint density at radius 2 is 1.67 bits per heavy atom. The smallest absolute Gasteiger partial charge is 0.237 e. The Bertz CT molecular complexity index is 187. The van der Waals surface area contributed by atoms with E-state index in [0.29, 0.717) is 0 Å². The number of primary amides is 2. The molecule has 0 saturated carbocycles. The number of hydrogen-bond acceptors (Lipinski definition) is 3. The van der Waals surface area contributed by atoms with Crippen LogP contribution in [-0.2, 0) is 9.59 Å². The Morgan fingerprint density at radius 1 is 1.33 bits per heavy atom. The van der Waals surface area contributed by atoms with Gasteiger partial charge in [-0.1, -0.05) is 6.92 Å². The molecule has 0 rings (SSSR count). The maximum atomic E-state index is 10.7. The van der Waals surface area contributed by atoms with Crippen molar-refractivity contribution in [2.24, 2.45) is 11.5 Å². The van der Waals surface area contributed by atoms with Crippen molar-refractivity contribution in [1.82, 2.24) is 0 Å². The number of rotatable bonds is 4. The molecular weight excluding hydrogens is 160 g/mol. The van der Waals surface area contributed by atoms with Crippen molar-refractivity contribution < 1.29 is 14.7 Å². The third-order valence-electron chi connectivity index (χ3n) is 1.72. The van der Waals surface area contributed by atoms with E-state index < -0.39 is 23.3 Å². The highest BCUT2D eigenvalue weighted by atomic mass is 16.3. The van der Waals surface area contributed by atoms with Gasteiger partial charge in [-0.2, -0.15) is 0 Å². The lowest BCUT2D eigenvalue weighted by Crippen LogP contribution is -2.47. The summed E-state index contributed by atoms with van der Waals surface area (Å²) in [5.41, 5.74) is 8.19.